The second kappa shape index (κ2) is 8.33. The molecule has 5 heteroatoms. The highest BCUT2D eigenvalue weighted by Crippen LogP contribution is 2.31. The van der Waals surface area contributed by atoms with Gasteiger partial charge in [-0.2, -0.15) is 0 Å². The summed E-state index contributed by atoms with van der Waals surface area (Å²) in [7, 11) is 2.15. The number of hydrogen-bond donors (Lipinski definition) is 1. The average Bonchev–Trinajstić information content (AvgIpc) is 3.09. The van der Waals surface area contributed by atoms with E-state index in [0.29, 0.717) is 6.54 Å². The summed E-state index contributed by atoms with van der Waals surface area (Å²) < 4.78 is 5.55. The third-order valence-corrected chi connectivity index (χ3v) is 5.95. The molecule has 1 N–H and O–H groups in total. The van der Waals surface area contributed by atoms with Crippen LogP contribution in [0.15, 0.2) is 42.5 Å². The first-order valence-corrected chi connectivity index (χ1v) is 10.1. The Morgan fingerprint density at radius 1 is 1.14 bits per heavy atom. The zero-order chi connectivity index (χ0) is 19.5. The van der Waals surface area contributed by atoms with E-state index in [1.165, 1.54) is 16.8 Å². The smallest absolute Gasteiger partial charge is 0.251 e. The molecular weight excluding hydrogens is 350 g/mol. The van der Waals surface area contributed by atoms with Crippen LogP contribution in [-0.4, -0.2) is 57.2 Å². The fourth-order valence-electron chi connectivity index (χ4n) is 4.25. The van der Waals surface area contributed by atoms with E-state index in [-0.39, 0.29) is 11.9 Å². The van der Waals surface area contributed by atoms with E-state index >= 15 is 0 Å². The Kier molecular flexibility index (Phi) is 5.64. The van der Waals surface area contributed by atoms with E-state index < -0.39 is 0 Å². The number of hydrogen-bond acceptors (Lipinski definition) is 4. The van der Waals surface area contributed by atoms with E-state index in [4.69, 9.17) is 4.74 Å². The molecule has 1 saturated heterocycles. The summed E-state index contributed by atoms with van der Waals surface area (Å²) in [5.41, 5.74) is 5.76. The van der Waals surface area contributed by atoms with Crippen LogP contribution in [0.25, 0.3) is 0 Å². The van der Waals surface area contributed by atoms with E-state index in [1.807, 2.05) is 31.2 Å². The van der Waals surface area contributed by atoms with E-state index in [1.54, 1.807) is 0 Å². The molecule has 1 atom stereocenters. The van der Waals surface area contributed by atoms with Gasteiger partial charge in [0.1, 0.15) is 0 Å². The number of likely N-dealkylation sites (N-methyl/N-ethyl adjacent to an activating group) is 1. The van der Waals surface area contributed by atoms with Gasteiger partial charge >= 0.3 is 0 Å². The summed E-state index contributed by atoms with van der Waals surface area (Å²) in [5, 5.41) is 3.18. The molecule has 4 rings (SSSR count). The number of carbonyl (C=O) groups is 1. The molecule has 0 aliphatic carbocycles. The van der Waals surface area contributed by atoms with Crippen LogP contribution in [0.5, 0.6) is 0 Å². The molecule has 0 radical (unpaired) electrons. The fourth-order valence-corrected chi connectivity index (χ4v) is 4.25. The summed E-state index contributed by atoms with van der Waals surface area (Å²) in [4.78, 5) is 17.5. The Labute approximate surface area is 167 Å². The van der Waals surface area contributed by atoms with Crippen molar-refractivity contribution in [3.05, 3.63) is 64.7 Å². The second-order valence-corrected chi connectivity index (χ2v) is 7.75. The predicted octanol–water partition coefficient (Wildman–Crippen LogP) is 2.79. The Hall–Kier alpha value is -2.37. The van der Waals surface area contributed by atoms with Gasteiger partial charge in [-0.05, 0) is 42.2 Å². The van der Waals surface area contributed by atoms with Crippen molar-refractivity contribution in [2.24, 2.45) is 0 Å². The Morgan fingerprint density at radius 2 is 1.93 bits per heavy atom. The number of amides is 1. The van der Waals surface area contributed by atoms with Crippen molar-refractivity contribution in [3.63, 3.8) is 0 Å². The maximum atomic E-state index is 12.8. The van der Waals surface area contributed by atoms with Gasteiger partial charge in [0.2, 0.25) is 0 Å². The van der Waals surface area contributed by atoms with E-state index in [0.717, 1.165) is 50.4 Å². The van der Waals surface area contributed by atoms with Gasteiger partial charge in [0.05, 0.1) is 19.3 Å². The van der Waals surface area contributed by atoms with Crippen LogP contribution in [0.2, 0.25) is 0 Å². The lowest BCUT2D eigenvalue weighted by molar-refractivity contribution is 0.0162. The molecule has 1 amide bonds. The van der Waals surface area contributed by atoms with Crippen LogP contribution in [0.3, 0.4) is 0 Å². The molecular formula is C23H29N3O2. The molecule has 2 aromatic rings. The van der Waals surface area contributed by atoms with E-state index in [9.17, 15) is 4.79 Å². The molecule has 1 fully saturated rings. The first-order chi connectivity index (χ1) is 13.6. The lowest BCUT2D eigenvalue weighted by Crippen LogP contribution is -2.44. The van der Waals surface area contributed by atoms with E-state index in [2.05, 4.69) is 40.4 Å². The number of morpholine rings is 1. The number of nitrogens with zero attached hydrogens (tertiary/aromatic N) is 2. The molecule has 0 aromatic heterocycles. The maximum absolute atomic E-state index is 12.8. The zero-order valence-corrected chi connectivity index (χ0v) is 16.8. The van der Waals surface area contributed by atoms with Gasteiger partial charge in [-0.25, -0.2) is 0 Å². The number of aryl methyl sites for hydroxylation is 1. The molecule has 0 bridgehead atoms. The molecule has 0 unspecified atom stereocenters. The number of rotatable bonds is 5. The monoisotopic (exact) mass is 379 g/mol. The molecule has 2 aliphatic heterocycles. The first kappa shape index (κ1) is 19.0. The lowest BCUT2D eigenvalue weighted by Gasteiger charge is -2.35. The van der Waals surface area contributed by atoms with Crippen LogP contribution in [0.4, 0.5) is 5.69 Å². The lowest BCUT2D eigenvalue weighted by atomic mass is 10.00. The summed E-state index contributed by atoms with van der Waals surface area (Å²) in [6.45, 7) is 6.92. The number of ether oxygens (including phenoxy) is 1. The Balaban J connectivity index is 1.54. The molecule has 28 heavy (non-hydrogen) atoms. The van der Waals surface area contributed by atoms with Crippen molar-refractivity contribution in [3.8, 4) is 0 Å². The topological polar surface area (TPSA) is 44.8 Å². The summed E-state index contributed by atoms with van der Waals surface area (Å²) in [5.74, 6) is -0.00254. The van der Waals surface area contributed by atoms with Gasteiger partial charge in [0.25, 0.3) is 5.91 Å². The van der Waals surface area contributed by atoms with Crippen LogP contribution in [0, 0.1) is 6.92 Å². The van der Waals surface area contributed by atoms with Crippen molar-refractivity contribution in [2.75, 3.05) is 51.3 Å². The fraction of sp³-hybridized carbons (Fsp3) is 0.435. The number of fused-ring (bicyclic) bond motifs is 1. The molecule has 2 aliphatic rings. The average molecular weight is 380 g/mol. The van der Waals surface area contributed by atoms with Crippen LogP contribution in [-0.2, 0) is 11.2 Å². The Bertz CT molecular complexity index is 845. The normalized spacial score (nSPS) is 18.0. The van der Waals surface area contributed by atoms with Gasteiger partial charge in [-0.15, -0.1) is 0 Å². The molecule has 2 aromatic carbocycles. The summed E-state index contributed by atoms with van der Waals surface area (Å²) >= 11 is 0. The van der Waals surface area contributed by atoms with Gasteiger partial charge in [-0.3, -0.25) is 9.69 Å². The first-order valence-electron chi connectivity index (χ1n) is 10.1. The Morgan fingerprint density at radius 3 is 2.71 bits per heavy atom. The van der Waals surface area contributed by atoms with Gasteiger partial charge < -0.3 is 15.0 Å². The minimum absolute atomic E-state index is 0.00254. The second-order valence-electron chi connectivity index (χ2n) is 7.75. The molecule has 0 saturated carbocycles. The number of carbonyl (C=O) groups excluding carboxylic acids is 1. The van der Waals surface area contributed by atoms with Crippen molar-refractivity contribution in [2.45, 2.75) is 19.4 Å². The largest absolute Gasteiger partial charge is 0.379 e. The predicted molar refractivity (Wildman–Crippen MR) is 112 cm³/mol. The van der Waals surface area contributed by atoms with Crippen molar-refractivity contribution in [1.82, 2.24) is 10.2 Å². The number of nitrogens with one attached hydrogen (secondary N) is 1. The zero-order valence-electron chi connectivity index (χ0n) is 16.8. The molecule has 148 valence electrons. The van der Waals surface area contributed by atoms with Crippen LogP contribution < -0.4 is 10.2 Å². The van der Waals surface area contributed by atoms with Gasteiger partial charge in [0, 0.05) is 44.5 Å². The highest BCUT2D eigenvalue weighted by molar-refractivity contribution is 5.95. The van der Waals surface area contributed by atoms with Crippen molar-refractivity contribution < 1.29 is 9.53 Å². The van der Waals surface area contributed by atoms with Crippen molar-refractivity contribution in [1.29, 1.82) is 0 Å². The van der Waals surface area contributed by atoms with Gasteiger partial charge in [-0.1, -0.05) is 30.3 Å². The molecule has 2 heterocycles. The molecule has 5 nitrogen and oxygen atoms in total. The standard InChI is InChI=1S/C23H29N3O2/c1-17-5-3-4-6-20(17)23(27)24-16-22(26-11-13-28-14-12-26)18-7-8-21-19(15-18)9-10-25(21)2/h3-8,15,22H,9-14,16H2,1-2H3,(H,24,27)/t22-/m0/s1. The summed E-state index contributed by atoms with van der Waals surface area (Å²) in [6, 6.07) is 14.7. The van der Waals surface area contributed by atoms with Crippen molar-refractivity contribution >= 4 is 11.6 Å². The number of benzene rings is 2. The minimum Gasteiger partial charge on any atom is -0.379 e. The van der Waals surface area contributed by atoms with Crippen LogP contribution in [0.1, 0.15) is 33.1 Å². The summed E-state index contributed by atoms with van der Waals surface area (Å²) in [6.07, 6.45) is 1.09. The maximum Gasteiger partial charge on any atom is 0.251 e. The third kappa shape index (κ3) is 3.91. The minimum atomic E-state index is -0.00254. The number of anilines is 1. The SMILES string of the molecule is Cc1ccccc1C(=O)NC[C@@H](c1ccc2c(c1)CCN2C)N1CCOCC1. The highest BCUT2D eigenvalue weighted by Gasteiger charge is 2.25. The molecule has 0 spiro atoms. The third-order valence-electron chi connectivity index (χ3n) is 5.95. The highest BCUT2D eigenvalue weighted by atomic mass is 16.5. The van der Waals surface area contributed by atoms with Crippen LogP contribution >= 0.6 is 0 Å². The van der Waals surface area contributed by atoms with Gasteiger partial charge in [0.15, 0.2) is 0 Å². The quantitative estimate of drug-likeness (QED) is 0.868.